The smallest absolute Gasteiger partial charge is 0.115 e. The van der Waals surface area contributed by atoms with Gasteiger partial charge in [0.15, 0.2) is 0 Å². The van der Waals surface area contributed by atoms with Crippen molar-refractivity contribution in [1.29, 1.82) is 0 Å². The highest BCUT2D eigenvalue weighted by molar-refractivity contribution is 5.44. The van der Waals surface area contributed by atoms with Crippen molar-refractivity contribution >= 4 is 0 Å². The van der Waals surface area contributed by atoms with Gasteiger partial charge in [0.05, 0.1) is 6.04 Å². The largest absolute Gasteiger partial charge is 0.508 e. The molecule has 1 unspecified atom stereocenters. The van der Waals surface area contributed by atoms with Crippen LogP contribution in [0.5, 0.6) is 5.75 Å². The van der Waals surface area contributed by atoms with E-state index in [1.165, 1.54) is 27.8 Å². The van der Waals surface area contributed by atoms with Crippen molar-refractivity contribution in [3.8, 4) is 5.75 Å². The van der Waals surface area contributed by atoms with Crippen molar-refractivity contribution in [2.45, 2.75) is 26.3 Å². The monoisotopic (exact) mass is 253 g/mol. The highest BCUT2D eigenvalue weighted by Crippen LogP contribution is 2.31. The maximum atomic E-state index is 9.61. The second-order valence-corrected chi connectivity index (χ2v) is 5.44. The molecule has 0 saturated heterocycles. The Morgan fingerprint density at radius 1 is 1.05 bits per heavy atom. The summed E-state index contributed by atoms with van der Waals surface area (Å²) < 4.78 is 0. The Hall–Kier alpha value is -1.80. The number of rotatable bonds is 1. The average molecular weight is 253 g/mol. The molecule has 1 heterocycles. The molecule has 0 bridgehead atoms. The van der Waals surface area contributed by atoms with Crippen LogP contribution in [0.2, 0.25) is 0 Å². The number of phenols is 1. The number of benzene rings is 2. The van der Waals surface area contributed by atoms with E-state index >= 15 is 0 Å². The minimum Gasteiger partial charge on any atom is -0.508 e. The molecular weight excluding hydrogens is 234 g/mol. The molecule has 19 heavy (non-hydrogen) atoms. The summed E-state index contributed by atoms with van der Waals surface area (Å²) in [5.41, 5.74) is 6.44. The number of hydrogen-bond donors (Lipinski definition) is 2. The third-order valence-electron chi connectivity index (χ3n) is 3.76. The lowest BCUT2D eigenvalue weighted by Gasteiger charge is -2.28. The van der Waals surface area contributed by atoms with Gasteiger partial charge in [-0.15, -0.1) is 0 Å². The molecule has 1 aliphatic rings. The first-order valence-corrected chi connectivity index (χ1v) is 6.77. The van der Waals surface area contributed by atoms with E-state index in [0.29, 0.717) is 5.75 Å². The van der Waals surface area contributed by atoms with Gasteiger partial charge in [-0.3, -0.25) is 0 Å². The van der Waals surface area contributed by atoms with Crippen molar-refractivity contribution in [3.63, 3.8) is 0 Å². The molecule has 2 aromatic carbocycles. The maximum Gasteiger partial charge on any atom is 0.115 e. The van der Waals surface area contributed by atoms with Crippen LogP contribution in [0.15, 0.2) is 36.4 Å². The zero-order valence-corrected chi connectivity index (χ0v) is 11.4. The number of hydrogen-bond acceptors (Lipinski definition) is 2. The van der Waals surface area contributed by atoms with Crippen LogP contribution in [-0.2, 0) is 6.42 Å². The van der Waals surface area contributed by atoms with Crippen LogP contribution in [0.25, 0.3) is 0 Å². The summed E-state index contributed by atoms with van der Waals surface area (Å²) in [6, 6.07) is 12.6. The van der Waals surface area contributed by atoms with Crippen molar-refractivity contribution < 1.29 is 5.11 Å². The number of fused-ring (bicyclic) bond motifs is 1. The number of phenolic OH excluding ortho intramolecular Hbond substituents is 1. The van der Waals surface area contributed by atoms with E-state index in [1.54, 1.807) is 6.07 Å². The van der Waals surface area contributed by atoms with E-state index in [1.807, 2.05) is 12.1 Å². The molecule has 1 aliphatic heterocycles. The molecule has 2 N–H and O–H groups in total. The molecule has 0 fully saturated rings. The quantitative estimate of drug-likeness (QED) is 0.817. The summed E-state index contributed by atoms with van der Waals surface area (Å²) in [4.78, 5) is 0. The van der Waals surface area contributed by atoms with Crippen molar-refractivity contribution in [2.75, 3.05) is 6.54 Å². The van der Waals surface area contributed by atoms with E-state index in [-0.39, 0.29) is 6.04 Å². The lowest BCUT2D eigenvalue weighted by atomic mass is 9.88. The van der Waals surface area contributed by atoms with Gasteiger partial charge in [-0.1, -0.05) is 35.4 Å². The van der Waals surface area contributed by atoms with Gasteiger partial charge in [0, 0.05) is 6.54 Å². The second-order valence-electron chi connectivity index (χ2n) is 5.44. The molecule has 0 aromatic heterocycles. The lowest BCUT2D eigenvalue weighted by molar-refractivity contribution is 0.471. The molecule has 0 amide bonds. The molecule has 0 spiro atoms. The summed E-state index contributed by atoms with van der Waals surface area (Å²) in [5, 5.41) is 13.2. The molecule has 0 radical (unpaired) electrons. The fourth-order valence-corrected chi connectivity index (χ4v) is 3.03. The molecule has 98 valence electrons. The molecule has 0 saturated carbocycles. The summed E-state index contributed by atoms with van der Waals surface area (Å²) in [5.74, 6) is 0.361. The molecule has 1 atom stereocenters. The molecule has 2 aromatic rings. The standard InChI is InChI=1S/C17H19NO/c1-11-7-12(2)9-14(8-11)17-16-4-3-15(19)10-13(16)5-6-18-17/h3-4,7-10,17-19H,5-6H2,1-2H3. The van der Waals surface area contributed by atoms with E-state index < -0.39 is 0 Å². The van der Waals surface area contributed by atoms with Gasteiger partial charge in [-0.2, -0.15) is 0 Å². The van der Waals surface area contributed by atoms with Crippen LogP contribution < -0.4 is 5.32 Å². The average Bonchev–Trinajstić information content (AvgIpc) is 2.36. The Morgan fingerprint density at radius 3 is 2.53 bits per heavy atom. The van der Waals surface area contributed by atoms with Gasteiger partial charge in [-0.05, 0) is 49.1 Å². The normalized spacial score (nSPS) is 18.1. The van der Waals surface area contributed by atoms with Gasteiger partial charge < -0.3 is 10.4 Å². The van der Waals surface area contributed by atoms with E-state index in [0.717, 1.165) is 13.0 Å². The summed E-state index contributed by atoms with van der Waals surface area (Å²) >= 11 is 0. The van der Waals surface area contributed by atoms with Crippen LogP contribution in [0.1, 0.15) is 33.9 Å². The van der Waals surface area contributed by atoms with Gasteiger partial charge in [0.2, 0.25) is 0 Å². The van der Waals surface area contributed by atoms with Crippen molar-refractivity contribution in [3.05, 3.63) is 64.2 Å². The fraction of sp³-hybridized carbons (Fsp3) is 0.294. The van der Waals surface area contributed by atoms with Crippen LogP contribution in [0.3, 0.4) is 0 Å². The van der Waals surface area contributed by atoms with E-state index in [2.05, 4.69) is 37.4 Å². The topological polar surface area (TPSA) is 32.3 Å². The van der Waals surface area contributed by atoms with Gasteiger partial charge >= 0.3 is 0 Å². The zero-order valence-electron chi connectivity index (χ0n) is 11.4. The number of nitrogens with one attached hydrogen (secondary N) is 1. The molecule has 2 heteroatoms. The molecule has 3 rings (SSSR count). The minimum atomic E-state index is 0.239. The van der Waals surface area contributed by atoms with Gasteiger partial charge in [0.1, 0.15) is 5.75 Å². The SMILES string of the molecule is Cc1cc(C)cc(C2NCCc3cc(O)ccc32)c1. The highest BCUT2D eigenvalue weighted by atomic mass is 16.3. The molecular formula is C17H19NO. The summed E-state index contributed by atoms with van der Waals surface area (Å²) in [6.07, 6.45) is 0.977. The van der Waals surface area contributed by atoms with Crippen LogP contribution in [-0.4, -0.2) is 11.7 Å². The fourth-order valence-electron chi connectivity index (χ4n) is 3.03. The van der Waals surface area contributed by atoms with Crippen LogP contribution in [0.4, 0.5) is 0 Å². The lowest BCUT2D eigenvalue weighted by Crippen LogP contribution is -2.30. The maximum absolute atomic E-state index is 9.61. The van der Waals surface area contributed by atoms with Crippen LogP contribution >= 0.6 is 0 Å². The first kappa shape index (κ1) is 12.2. The van der Waals surface area contributed by atoms with Gasteiger partial charge in [0.25, 0.3) is 0 Å². The third kappa shape index (κ3) is 2.36. The molecule has 0 aliphatic carbocycles. The Balaban J connectivity index is 2.08. The predicted octanol–water partition coefficient (Wildman–Crippen LogP) is 3.24. The number of aromatic hydroxyl groups is 1. The highest BCUT2D eigenvalue weighted by Gasteiger charge is 2.21. The van der Waals surface area contributed by atoms with Crippen molar-refractivity contribution in [1.82, 2.24) is 5.32 Å². The van der Waals surface area contributed by atoms with E-state index in [4.69, 9.17) is 0 Å². The second kappa shape index (κ2) is 4.71. The van der Waals surface area contributed by atoms with E-state index in [9.17, 15) is 5.11 Å². The summed E-state index contributed by atoms with van der Waals surface area (Å²) in [6.45, 7) is 5.22. The molecule has 2 nitrogen and oxygen atoms in total. The third-order valence-corrected chi connectivity index (χ3v) is 3.76. The Bertz CT molecular complexity index is 598. The Kier molecular flexibility index (Phi) is 3.03. The zero-order chi connectivity index (χ0) is 13.4. The predicted molar refractivity (Wildman–Crippen MR) is 77.6 cm³/mol. The minimum absolute atomic E-state index is 0.239. The van der Waals surface area contributed by atoms with Crippen LogP contribution in [0, 0.1) is 13.8 Å². The van der Waals surface area contributed by atoms with Gasteiger partial charge in [-0.25, -0.2) is 0 Å². The summed E-state index contributed by atoms with van der Waals surface area (Å²) in [7, 11) is 0. The Morgan fingerprint density at radius 2 is 1.79 bits per heavy atom. The first-order valence-electron chi connectivity index (χ1n) is 6.77. The first-order chi connectivity index (χ1) is 9.13. The Labute approximate surface area is 114 Å². The number of aryl methyl sites for hydroxylation is 2. The van der Waals surface area contributed by atoms with Crippen molar-refractivity contribution in [2.24, 2.45) is 0 Å².